The number of anilines is 1. The van der Waals surface area contributed by atoms with Gasteiger partial charge in [0, 0.05) is 11.1 Å². The molecular weight excluding hydrogens is 232 g/mol. The number of rotatable bonds is 4. The minimum Gasteiger partial charge on any atom is -0.394 e. The zero-order chi connectivity index (χ0) is 11.8. The third-order valence-electron chi connectivity index (χ3n) is 2.71. The van der Waals surface area contributed by atoms with Crippen LogP contribution in [0.25, 0.3) is 0 Å². The maximum atomic E-state index is 10.8. The second-order valence-electron chi connectivity index (χ2n) is 3.98. The number of aliphatic hydroxyl groups is 1. The molecule has 1 aliphatic carbocycles. The molecule has 2 rings (SSSR count). The maximum absolute atomic E-state index is 10.8. The topological polar surface area (TPSA) is 75.4 Å². The van der Waals surface area contributed by atoms with E-state index in [-0.39, 0.29) is 12.3 Å². The molecule has 0 aliphatic heterocycles. The molecule has 0 spiro atoms. The van der Waals surface area contributed by atoms with Crippen molar-refractivity contribution in [1.29, 1.82) is 0 Å². The highest BCUT2D eigenvalue weighted by Gasteiger charge is 2.43. The van der Waals surface area contributed by atoms with Crippen molar-refractivity contribution in [2.75, 3.05) is 11.9 Å². The molecule has 5 nitrogen and oxygen atoms in total. The summed E-state index contributed by atoms with van der Waals surface area (Å²) in [6.45, 7) is -0.0311. The molecule has 6 heteroatoms. The van der Waals surface area contributed by atoms with Crippen LogP contribution < -0.4 is 5.32 Å². The van der Waals surface area contributed by atoms with Gasteiger partial charge in [0.05, 0.1) is 17.1 Å². The Labute approximate surface area is 97.2 Å². The van der Waals surface area contributed by atoms with Crippen molar-refractivity contribution in [3.05, 3.63) is 33.3 Å². The maximum Gasteiger partial charge on any atom is 0.292 e. The molecule has 0 atom stereocenters. The third-order valence-corrected chi connectivity index (χ3v) is 2.95. The first-order chi connectivity index (χ1) is 7.56. The van der Waals surface area contributed by atoms with Gasteiger partial charge in [-0.3, -0.25) is 10.1 Å². The summed E-state index contributed by atoms with van der Waals surface area (Å²) in [7, 11) is 0. The lowest BCUT2D eigenvalue weighted by Crippen LogP contribution is -2.25. The largest absolute Gasteiger partial charge is 0.394 e. The van der Waals surface area contributed by atoms with Crippen molar-refractivity contribution in [1.82, 2.24) is 0 Å². The smallest absolute Gasteiger partial charge is 0.292 e. The molecule has 1 aromatic carbocycles. The SMILES string of the molecule is O=[N+]([O-])c1ccc(Cl)cc1NC1(CO)CC1. The van der Waals surface area contributed by atoms with Crippen molar-refractivity contribution in [2.45, 2.75) is 18.4 Å². The summed E-state index contributed by atoms with van der Waals surface area (Å²) >= 11 is 5.79. The van der Waals surface area contributed by atoms with Crippen LogP contribution in [0.2, 0.25) is 5.02 Å². The van der Waals surface area contributed by atoms with Crippen molar-refractivity contribution in [3.8, 4) is 0 Å². The average molecular weight is 243 g/mol. The van der Waals surface area contributed by atoms with Gasteiger partial charge in [0.25, 0.3) is 5.69 Å². The Bertz CT molecular complexity index is 432. The molecule has 0 radical (unpaired) electrons. The van der Waals surface area contributed by atoms with Gasteiger partial charge < -0.3 is 10.4 Å². The van der Waals surface area contributed by atoms with Crippen LogP contribution >= 0.6 is 11.6 Å². The minimum absolute atomic E-state index is 0.0240. The van der Waals surface area contributed by atoms with E-state index in [4.69, 9.17) is 16.7 Å². The molecule has 0 bridgehead atoms. The Hall–Kier alpha value is -1.33. The Kier molecular flexibility index (Phi) is 2.73. The number of halogens is 1. The van der Waals surface area contributed by atoms with Gasteiger partial charge in [-0.1, -0.05) is 11.6 Å². The van der Waals surface area contributed by atoms with E-state index in [1.54, 1.807) is 0 Å². The number of nitro groups is 1. The van der Waals surface area contributed by atoms with Gasteiger partial charge in [0.2, 0.25) is 0 Å². The number of nitrogens with one attached hydrogen (secondary N) is 1. The molecule has 1 saturated carbocycles. The summed E-state index contributed by atoms with van der Waals surface area (Å²) in [5.74, 6) is 0. The number of benzene rings is 1. The van der Waals surface area contributed by atoms with Crippen molar-refractivity contribution in [3.63, 3.8) is 0 Å². The standard InChI is InChI=1S/C10H11ClN2O3/c11-7-1-2-9(13(15)16)8(5-7)12-10(6-14)3-4-10/h1-2,5,12,14H,3-4,6H2. The first-order valence-corrected chi connectivity index (χ1v) is 5.27. The Morgan fingerprint density at radius 3 is 2.75 bits per heavy atom. The first kappa shape index (κ1) is 11.2. The summed E-state index contributed by atoms with van der Waals surface area (Å²) in [5.41, 5.74) is -0.0525. The summed E-state index contributed by atoms with van der Waals surface area (Å²) in [4.78, 5) is 10.3. The summed E-state index contributed by atoms with van der Waals surface area (Å²) < 4.78 is 0. The van der Waals surface area contributed by atoms with Gasteiger partial charge >= 0.3 is 0 Å². The van der Waals surface area contributed by atoms with Crippen LogP contribution in [0, 0.1) is 10.1 Å². The molecule has 86 valence electrons. The van der Waals surface area contributed by atoms with E-state index >= 15 is 0 Å². The fourth-order valence-corrected chi connectivity index (χ4v) is 1.70. The molecule has 1 fully saturated rings. The lowest BCUT2D eigenvalue weighted by Gasteiger charge is -2.15. The normalized spacial score (nSPS) is 16.9. The first-order valence-electron chi connectivity index (χ1n) is 4.89. The molecular formula is C10H11ClN2O3. The monoisotopic (exact) mass is 242 g/mol. The molecule has 0 heterocycles. The van der Waals surface area contributed by atoms with Gasteiger partial charge in [-0.25, -0.2) is 0 Å². The van der Waals surface area contributed by atoms with E-state index in [1.807, 2.05) is 0 Å². The average Bonchev–Trinajstić information content (AvgIpc) is 2.98. The number of hydrogen-bond acceptors (Lipinski definition) is 4. The van der Waals surface area contributed by atoms with Crippen LogP contribution in [-0.4, -0.2) is 22.2 Å². The highest BCUT2D eigenvalue weighted by Crippen LogP contribution is 2.41. The molecule has 0 saturated heterocycles. The van der Waals surface area contributed by atoms with Crippen molar-refractivity contribution < 1.29 is 10.0 Å². The van der Waals surface area contributed by atoms with Crippen LogP contribution in [0.1, 0.15) is 12.8 Å². The zero-order valence-corrected chi connectivity index (χ0v) is 9.20. The van der Waals surface area contributed by atoms with Crippen LogP contribution in [0.15, 0.2) is 18.2 Å². The summed E-state index contributed by atoms with van der Waals surface area (Å²) in [5, 5.41) is 23.4. The van der Waals surface area contributed by atoms with Gasteiger partial charge in [-0.2, -0.15) is 0 Å². The fraction of sp³-hybridized carbons (Fsp3) is 0.400. The second kappa shape index (κ2) is 3.92. The fourth-order valence-electron chi connectivity index (χ4n) is 1.53. The van der Waals surface area contributed by atoms with Gasteiger partial charge in [0.1, 0.15) is 5.69 Å². The Morgan fingerprint density at radius 1 is 1.56 bits per heavy atom. The second-order valence-corrected chi connectivity index (χ2v) is 4.42. The molecule has 0 unspecified atom stereocenters. The van der Waals surface area contributed by atoms with Crippen molar-refractivity contribution >= 4 is 23.0 Å². The predicted molar refractivity (Wildman–Crippen MR) is 60.8 cm³/mol. The van der Waals surface area contributed by atoms with Crippen LogP contribution in [-0.2, 0) is 0 Å². The van der Waals surface area contributed by atoms with Crippen LogP contribution in [0.3, 0.4) is 0 Å². The number of nitrogens with zero attached hydrogens (tertiary/aromatic N) is 1. The molecule has 0 aromatic heterocycles. The molecule has 1 aliphatic rings. The van der Waals surface area contributed by atoms with E-state index in [9.17, 15) is 10.1 Å². The molecule has 1 aromatic rings. The highest BCUT2D eigenvalue weighted by molar-refractivity contribution is 6.31. The van der Waals surface area contributed by atoms with E-state index in [0.29, 0.717) is 10.7 Å². The Morgan fingerprint density at radius 2 is 2.25 bits per heavy atom. The quantitative estimate of drug-likeness (QED) is 0.627. The van der Waals surface area contributed by atoms with Crippen molar-refractivity contribution in [2.24, 2.45) is 0 Å². The molecule has 0 amide bonds. The minimum atomic E-state index is -0.466. The van der Waals surface area contributed by atoms with Crippen LogP contribution in [0.5, 0.6) is 0 Å². The van der Waals surface area contributed by atoms with E-state index in [1.165, 1.54) is 18.2 Å². The van der Waals surface area contributed by atoms with Gasteiger partial charge in [0.15, 0.2) is 0 Å². The third kappa shape index (κ3) is 2.10. The zero-order valence-electron chi connectivity index (χ0n) is 8.44. The van der Waals surface area contributed by atoms with E-state index in [2.05, 4.69) is 5.32 Å². The Balaban J connectivity index is 2.31. The molecule has 2 N–H and O–H groups in total. The lowest BCUT2D eigenvalue weighted by molar-refractivity contribution is -0.384. The van der Waals surface area contributed by atoms with E-state index in [0.717, 1.165) is 12.8 Å². The predicted octanol–water partition coefficient (Wildman–Crippen LogP) is 2.18. The number of aliphatic hydroxyl groups excluding tert-OH is 1. The van der Waals surface area contributed by atoms with Gasteiger partial charge in [-0.05, 0) is 25.0 Å². The lowest BCUT2D eigenvalue weighted by atomic mass is 10.2. The summed E-state index contributed by atoms with van der Waals surface area (Å²) in [6, 6.07) is 4.34. The number of nitro benzene ring substituents is 1. The number of hydrogen-bond donors (Lipinski definition) is 2. The van der Waals surface area contributed by atoms with Gasteiger partial charge in [-0.15, -0.1) is 0 Å². The molecule has 16 heavy (non-hydrogen) atoms. The van der Waals surface area contributed by atoms with E-state index < -0.39 is 10.5 Å². The summed E-state index contributed by atoms with van der Waals surface area (Å²) in [6.07, 6.45) is 1.63. The highest BCUT2D eigenvalue weighted by atomic mass is 35.5. The van der Waals surface area contributed by atoms with Crippen LogP contribution in [0.4, 0.5) is 11.4 Å².